The summed E-state index contributed by atoms with van der Waals surface area (Å²) in [5, 5.41) is 11.8. The average molecular weight is 866 g/mol. The van der Waals surface area contributed by atoms with Crippen LogP contribution in [-0.2, 0) is 0 Å². The summed E-state index contributed by atoms with van der Waals surface area (Å²) in [7, 11) is 0. The van der Waals surface area contributed by atoms with E-state index in [2.05, 4.69) is 228 Å². The molecule has 0 radical (unpaired) electrons. The lowest BCUT2D eigenvalue weighted by Gasteiger charge is -2.16. The van der Waals surface area contributed by atoms with E-state index < -0.39 is 0 Å². The minimum atomic E-state index is 0.625. The Labute approximate surface area is 391 Å². The van der Waals surface area contributed by atoms with Gasteiger partial charge in [-0.15, -0.1) is 0 Å². The Morgan fingerprint density at radius 3 is 1.63 bits per heavy atom. The third-order valence-corrected chi connectivity index (χ3v) is 13.7. The van der Waals surface area contributed by atoms with Crippen LogP contribution in [0, 0.1) is 0 Å². The van der Waals surface area contributed by atoms with Crippen LogP contribution in [0.1, 0.15) is 0 Å². The SMILES string of the molecule is c1ccc(-c2nc(-c3ccc4ccccc4c3)nc(-c3ccc(-n4c5ccccc5c5c(-c6ccccc6)c6c7c8ccccc8ccc7n(-c7ccccc7)c6cc54)c4ccccc34)n2)cc1. The van der Waals surface area contributed by atoms with Gasteiger partial charge < -0.3 is 9.13 Å². The van der Waals surface area contributed by atoms with Gasteiger partial charge in [0.2, 0.25) is 0 Å². The topological polar surface area (TPSA) is 48.5 Å². The van der Waals surface area contributed by atoms with E-state index in [0.717, 1.165) is 60.8 Å². The molecule has 0 aliphatic rings. The molecule has 3 heterocycles. The molecule has 5 heteroatoms. The summed E-state index contributed by atoms with van der Waals surface area (Å²) in [6, 6.07) is 84.7. The van der Waals surface area contributed by atoms with Crippen LogP contribution < -0.4 is 0 Å². The monoisotopic (exact) mass is 865 g/mol. The van der Waals surface area contributed by atoms with E-state index in [9.17, 15) is 0 Å². The summed E-state index contributed by atoms with van der Waals surface area (Å²) in [5.74, 6) is 1.89. The molecule has 68 heavy (non-hydrogen) atoms. The number of hydrogen-bond donors (Lipinski definition) is 0. The molecule has 0 spiro atoms. The first-order valence-electron chi connectivity index (χ1n) is 23.1. The van der Waals surface area contributed by atoms with Crippen molar-refractivity contribution in [2.75, 3.05) is 0 Å². The van der Waals surface area contributed by atoms with Crippen LogP contribution in [0.15, 0.2) is 237 Å². The van der Waals surface area contributed by atoms with Crippen molar-refractivity contribution in [2.24, 2.45) is 0 Å². The van der Waals surface area contributed by atoms with E-state index in [1.54, 1.807) is 0 Å². The number of hydrogen-bond acceptors (Lipinski definition) is 3. The van der Waals surface area contributed by atoms with Crippen LogP contribution in [0.2, 0.25) is 0 Å². The van der Waals surface area contributed by atoms with Gasteiger partial charge in [0.05, 0.1) is 27.8 Å². The molecular formula is C63H39N5. The fourth-order valence-electron chi connectivity index (χ4n) is 10.7. The van der Waals surface area contributed by atoms with Crippen molar-refractivity contribution >= 4 is 75.9 Å². The molecule has 316 valence electrons. The molecular weight excluding hydrogens is 827 g/mol. The normalized spacial score (nSPS) is 11.8. The number of aromatic nitrogens is 5. The summed E-state index contributed by atoms with van der Waals surface area (Å²) in [4.78, 5) is 15.6. The first kappa shape index (κ1) is 38.1. The Balaban J connectivity index is 1.08. The van der Waals surface area contributed by atoms with Gasteiger partial charge in [-0.25, -0.2) is 15.0 Å². The lowest BCUT2D eigenvalue weighted by molar-refractivity contribution is 1.08. The number of fused-ring (bicyclic) bond motifs is 10. The molecule has 14 aromatic rings. The highest BCUT2D eigenvalue weighted by atomic mass is 15.0. The predicted molar refractivity (Wildman–Crippen MR) is 283 cm³/mol. The van der Waals surface area contributed by atoms with E-state index in [4.69, 9.17) is 15.0 Å². The zero-order chi connectivity index (χ0) is 44.7. The maximum Gasteiger partial charge on any atom is 0.164 e. The minimum Gasteiger partial charge on any atom is -0.309 e. The third-order valence-electron chi connectivity index (χ3n) is 13.7. The molecule has 0 saturated carbocycles. The molecule has 0 unspecified atom stereocenters. The predicted octanol–water partition coefficient (Wildman–Crippen LogP) is 16.2. The Morgan fingerprint density at radius 1 is 0.279 bits per heavy atom. The van der Waals surface area contributed by atoms with Crippen molar-refractivity contribution in [2.45, 2.75) is 0 Å². The van der Waals surface area contributed by atoms with Crippen molar-refractivity contribution in [3.8, 4) is 56.7 Å². The standard InChI is InChI=1S/C63H39N5/c1-4-20-42(21-5-1)57-59-51-30-16-17-31-52(51)68(55(59)39-56-60(57)58-47-27-13-12-19-41(47)34-36-54(58)67(56)46-25-8-3-9-26-46)53-37-35-50(48-28-14-15-29-49(48)53)63-65-61(43-22-6-2-7-23-43)64-62(66-63)45-33-32-40-18-10-11-24-44(40)38-45/h1-39H. The fraction of sp³-hybridized carbons (Fsp3) is 0. The second-order valence-corrected chi connectivity index (χ2v) is 17.5. The molecule has 0 atom stereocenters. The van der Waals surface area contributed by atoms with Crippen LogP contribution in [0.3, 0.4) is 0 Å². The van der Waals surface area contributed by atoms with Gasteiger partial charge in [0.1, 0.15) is 0 Å². The molecule has 0 bridgehead atoms. The maximum absolute atomic E-state index is 5.28. The van der Waals surface area contributed by atoms with E-state index >= 15 is 0 Å². The van der Waals surface area contributed by atoms with Gasteiger partial charge in [-0.1, -0.05) is 188 Å². The van der Waals surface area contributed by atoms with Crippen molar-refractivity contribution in [3.05, 3.63) is 237 Å². The van der Waals surface area contributed by atoms with Crippen molar-refractivity contribution in [1.29, 1.82) is 0 Å². The third kappa shape index (κ3) is 5.86. The second kappa shape index (κ2) is 15.2. The highest BCUT2D eigenvalue weighted by Gasteiger charge is 2.26. The largest absolute Gasteiger partial charge is 0.309 e. The maximum atomic E-state index is 5.28. The lowest BCUT2D eigenvalue weighted by Crippen LogP contribution is -2.02. The number of para-hydroxylation sites is 2. The average Bonchev–Trinajstić information content (AvgIpc) is 3.93. The molecule has 14 rings (SSSR count). The van der Waals surface area contributed by atoms with Gasteiger partial charge >= 0.3 is 0 Å². The van der Waals surface area contributed by atoms with Crippen LogP contribution in [0.4, 0.5) is 0 Å². The number of rotatable bonds is 6. The first-order chi connectivity index (χ1) is 33.7. The molecule has 0 N–H and O–H groups in total. The van der Waals surface area contributed by atoms with Crippen LogP contribution in [0.5, 0.6) is 0 Å². The van der Waals surface area contributed by atoms with E-state index in [0.29, 0.717) is 17.5 Å². The first-order valence-corrected chi connectivity index (χ1v) is 23.1. The second-order valence-electron chi connectivity index (χ2n) is 17.5. The molecule has 0 fully saturated rings. The minimum absolute atomic E-state index is 0.625. The lowest BCUT2D eigenvalue weighted by atomic mass is 9.93. The number of nitrogens with zero attached hydrogens (tertiary/aromatic N) is 5. The molecule has 0 aliphatic heterocycles. The van der Waals surface area contributed by atoms with Gasteiger partial charge in [0.25, 0.3) is 0 Å². The highest BCUT2D eigenvalue weighted by molar-refractivity contribution is 6.32. The molecule has 0 saturated heterocycles. The Bertz CT molecular complexity index is 4300. The van der Waals surface area contributed by atoms with Crippen molar-refractivity contribution in [3.63, 3.8) is 0 Å². The molecule has 5 nitrogen and oxygen atoms in total. The Kier molecular flexibility index (Phi) is 8.52. The molecule has 3 aromatic heterocycles. The van der Waals surface area contributed by atoms with Gasteiger partial charge in [-0.05, 0) is 81.0 Å². The smallest absolute Gasteiger partial charge is 0.164 e. The summed E-state index contributed by atoms with van der Waals surface area (Å²) < 4.78 is 4.95. The van der Waals surface area contributed by atoms with Crippen molar-refractivity contribution < 1.29 is 0 Å². The Hall–Kier alpha value is -9.19. The Morgan fingerprint density at radius 2 is 0.853 bits per heavy atom. The van der Waals surface area contributed by atoms with Gasteiger partial charge in [0, 0.05) is 54.9 Å². The zero-order valence-electron chi connectivity index (χ0n) is 36.8. The van der Waals surface area contributed by atoms with Crippen molar-refractivity contribution in [1.82, 2.24) is 24.1 Å². The van der Waals surface area contributed by atoms with E-state index in [-0.39, 0.29) is 0 Å². The van der Waals surface area contributed by atoms with Crippen LogP contribution in [-0.4, -0.2) is 24.1 Å². The summed E-state index contributed by atoms with van der Waals surface area (Å²) in [6.45, 7) is 0. The van der Waals surface area contributed by atoms with Crippen LogP contribution >= 0.6 is 0 Å². The summed E-state index contributed by atoms with van der Waals surface area (Å²) in [6.07, 6.45) is 0. The molecule has 0 amide bonds. The summed E-state index contributed by atoms with van der Waals surface area (Å²) in [5.41, 5.74) is 12.0. The summed E-state index contributed by atoms with van der Waals surface area (Å²) >= 11 is 0. The van der Waals surface area contributed by atoms with E-state index in [1.807, 2.05) is 18.2 Å². The van der Waals surface area contributed by atoms with Crippen LogP contribution in [0.25, 0.3) is 133 Å². The van der Waals surface area contributed by atoms with E-state index in [1.165, 1.54) is 54.3 Å². The zero-order valence-corrected chi connectivity index (χ0v) is 36.8. The van der Waals surface area contributed by atoms with Gasteiger partial charge in [-0.3, -0.25) is 0 Å². The van der Waals surface area contributed by atoms with Gasteiger partial charge in [-0.2, -0.15) is 0 Å². The molecule has 0 aliphatic carbocycles. The molecule has 11 aromatic carbocycles. The number of benzene rings is 11. The fourth-order valence-corrected chi connectivity index (χ4v) is 10.7. The quantitative estimate of drug-likeness (QED) is 0.167. The highest BCUT2D eigenvalue weighted by Crippen LogP contribution is 2.49. The van der Waals surface area contributed by atoms with Gasteiger partial charge in [0.15, 0.2) is 17.5 Å².